The highest BCUT2D eigenvalue weighted by molar-refractivity contribution is 5.76. The molecule has 0 saturated carbocycles. The van der Waals surface area contributed by atoms with Gasteiger partial charge in [0.25, 0.3) is 0 Å². The van der Waals surface area contributed by atoms with E-state index < -0.39 is 18.2 Å². The molecule has 0 saturated heterocycles. The number of nitrogens with one attached hydrogen (secondary N) is 1. The van der Waals surface area contributed by atoms with Gasteiger partial charge in [-0.25, -0.2) is 0 Å². The maximum atomic E-state index is 12.4. The molecule has 0 aromatic rings. The van der Waals surface area contributed by atoms with Gasteiger partial charge in [-0.2, -0.15) is 0 Å². The number of hydrogen-bond donors (Lipinski definition) is 4. The molecule has 0 aromatic carbocycles. The van der Waals surface area contributed by atoms with E-state index in [1.54, 1.807) is 6.08 Å². The van der Waals surface area contributed by atoms with Crippen molar-refractivity contribution >= 4 is 5.91 Å². The Bertz CT molecular complexity index is 805. The molecule has 3 atom stereocenters. The summed E-state index contributed by atoms with van der Waals surface area (Å²) in [4.78, 5) is 12.4. The van der Waals surface area contributed by atoms with Crippen molar-refractivity contribution in [2.75, 3.05) is 6.61 Å². The van der Waals surface area contributed by atoms with Gasteiger partial charge >= 0.3 is 0 Å². The first kappa shape index (κ1) is 47.3. The van der Waals surface area contributed by atoms with Crippen LogP contribution in [0, 0.1) is 0 Å². The van der Waals surface area contributed by atoms with Gasteiger partial charge in [0, 0.05) is 0 Å². The Balaban J connectivity index is 3.78. The number of carbonyl (C=O) groups excluding carboxylic acids is 1. The molecular weight excluding hydrogens is 606 g/mol. The van der Waals surface area contributed by atoms with Gasteiger partial charge in [0.2, 0.25) is 5.91 Å². The number of amides is 1. The molecule has 0 aliphatic carbocycles. The third-order valence-electron chi connectivity index (χ3n) is 9.32. The molecule has 0 rings (SSSR count). The van der Waals surface area contributed by atoms with Gasteiger partial charge in [0.1, 0.15) is 0 Å². The maximum absolute atomic E-state index is 12.4. The van der Waals surface area contributed by atoms with Crippen molar-refractivity contribution in [2.24, 2.45) is 0 Å². The van der Waals surface area contributed by atoms with Gasteiger partial charge in [-0.3, -0.25) is 4.79 Å². The first-order chi connectivity index (χ1) is 24.0. The smallest absolute Gasteiger partial charge is 0.222 e. The predicted molar refractivity (Wildman–Crippen MR) is 213 cm³/mol. The standard InChI is InChI=1S/C44H81NO4/c1-3-5-7-9-11-13-15-17-18-19-20-21-22-23-24-26-28-30-32-34-36-38-43(48)42(40-46)45-44(49)39-41(47)37-35-33-31-29-27-25-16-14-12-10-8-6-4-2/h14,16,22-23,28,30,36,38,41-43,46-48H,3-13,15,17-21,24-27,29,31-35,37,39-40H2,1-2H3,(H,45,49)/b16-14-,23-22+,30-28+,38-36+. The molecular formula is C44H81NO4. The Morgan fingerprint density at radius 3 is 1.33 bits per heavy atom. The SMILES string of the molecule is CCCCCC/C=C\CCCCCCCC(O)CC(=O)NC(CO)C(O)/C=C/CC/C=C/CC/C=C/CCCCCCCCCCCCC. The number of aliphatic hydroxyl groups is 3. The molecule has 0 heterocycles. The number of allylic oxidation sites excluding steroid dienone is 7. The fourth-order valence-corrected chi connectivity index (χ4v) is 6.07. The summed E-state index contributed by atoms with van der Waals surface area (Å²) in [7, 11) is 0. The van der Waals surface area contributed by atoms with Gasteiger partial charge in [-0.1, -0.05) is 172 Å². The zero-order valence-corrected chi connectivity index (χ0v) is 32.3. The second kappa shape index (κ2) is 39.1. The molecule has 0 fully saturated rings. The Labute approximate surface area is 304 Å². The van der Waals surface area contributed by atoms with Crippen LogP contribution in [-0.4, -0.2) is 46.1 Å². The number of unbranched alkanes of at least 4 members (excludes halogenated alkanes) is 22. The molecule has 4 N–H and O–H groups in total. The molecule has 0 radical (unpaired) electrons. The van der Waals surface area contributed by atoms with Gasteiger partial charge in [0.15, 0.2) is 0 Å². The summed E-state index contributed by atoms with van der Waals surface area (Å²) in [6, 6.07) is -0.770. The molecule has 5 nitrogen and oxygen atoms in total. The van der Waals surface area contributed by atoms with Crippen LogP contribution < -0.4 is 5.32 Å². The Morgan fingerprint density at radius 1 is 0.510 bits per heavy atom. The molecule has 5 heteroatoms. The summed E-state index contributed by atoms with van der Waals surface area (Å²) in [6.07, 6.45) is 49.6. The Kier molecular flexibility index (Phi) is 37.8. The minimum atomic E-state index is -0.962. The Hall–Kier alpha value is -1.69. The first-order valence-electron chi connectivity index (χ1n) is 20.9. The van der Waals surface area contributed by atoms with Gasteiger partial charge in [0.05, 0.1) is 31.3 Å². The van der Waals surface area contributed by atoms with Crippen molar-refractivity contribution < 1.29 is 20.1 Å². The van der Waals surface area contributed by atoms with Gasteiger partial charge in [-0.05, 0) is 70.6 Å². The minimum Gasteiger partial charge on any atom is -0.394 e. The van der Waals surface area contributed by atoms with E-state index in [2.05, 4.69) is 55.6 Å². The molecule has 0 bridgehead atoms. The van der Waals surface area contributed by atoms with Crippen molar-refractivity contribution in [2.45, 2.75) is 218 Å². The highest BCUT2D eigenvalue weighted by atomic mass is 16.3. The van der Waals surface area contributed by atoms with E-state index in [9.17, 15) is 20.1 Å². The quantitative estimate of drug-likeness (QED) is 0.0386. The van der Waals surface area contributed by atoms with E-state index in [-0.39, 0.29) is 18.9 Å². The van der Waals surface area contributed by atoms with Crippen LogP contribution in [0.2, 0.25) is 0 Å². The number of aliphatic hydroxyl groups excluding tert-OH is 3. The topological polar surface area (TPSA) is 89.8 Å². The molecule has 286 valence electrons. The summed E-state index contributed by atoms with van der Waals surface area (Å²) >= 11 is 0. The van der Waals surface area contributed by atoms with Crippen LogP contribution in [0.15, 0.2) is 48.6 Å². The van der Waals surface area contributed by atoms with Crippen molar-refractivity contribution in [1.29, 1.82) is 0 Å². The molecule has 0 spiro atoms. The molecule has 0 aliphatic heterocycles. The van der Waals surface area contributed by atoms with Crippen LogP contribution in [0.1, 0.15) is 200 Å². The highest BCUT2D eigenvalue weighted by Crippen LogP contribution is 2.13. The number of hydrogen-bond acceptors (Lipinski definition) is 4. The summed E-state index contributed by atoms with van der Waals surface area (Å²) in [5, 5.41) is 33.1. The third kappa shape index (κ3) is 35.9. The van der Waals surface area contributed by atoms with E-state index in [0.29, 0.717) is 6.42 Å². The fourth-order valence-electron chi connectivity index (χ4n) is 6.07. The van der Waals surface area contributed by atoms with E-state index >= 15 is 0 Å². The lowest BCUT2D eigenvalue weighted by molar-refractivity contribution is -0.124. The Morgan fingerprint density at radius 2 is 0.878 bits per heavy atom. The van der Waals surface area contributed by atoms with E-state index in [1.165, 1.54) is 122 Å². The molecule has 3 unspecified atom stereocenters. The first-order valence-corrected chi connectivity index (χ1v) is 20.9. The lowest BCUT2D eigenvalue weighted by atomic mass is 10.0. The van der Waals surface area contributed by atoms with Crippen molar-refractivity contribution in [1.82, 2.24) is 5.32 Å². The number of carbonyl (C=O) groups is 1. The minimum absolute atomic E-state index is 0.00464. The fraction of sp³-hybridized carbons (Fsp3) is 0.795. The largest absolute Gasteiger partial charge is 0.394 e. The lowest BCUT2D eigenvalue weighted by Gasteiger charge is -2.20. The maximum Gasteiger partial charge on any atom is 0.222 e. The normalized spacial score (nSPS) is 14.1. The molecule has 49 heavy (non-hydrogen) atoms. The van der Waals surface area contributed by atoms with Crippen LogP contribution in [0.5, 0.6) is 0 Å². The van der Waals surface area contributed by atoms with Crippen molar-refractivity contribution in [3.8, 4) is 0 Å². The van der Waals surface area contributed by atoms with Crippen LogP contribution in [0.25, 0.3) is 0 Å². The summed E-state index contributed by atoms with van der Waals surface area (Å²) in [5.41, 5.74) is 0. The van der Waals surface area contributed by atoms with Crippen LogP contribution in [0.3, 0.4) is 0 Å². The van der Waals surface area contributed by atoms with Crippen LogP contribution in [0.4, 0.5) is 0 Å². The summed E-state index contributed by atoms with van der Waals surface area (Å²) in [5.74, 6) is -0.337. The van der Waals surface area contributed by atoms with Gasteiger partial charge in [-0.15, -0.1) is 0 Å². The van der Waals surface area contributed by atoms with E-state index in [4.69, 9.17) is 0 Å². The zero-order chi connectivity index (χ0) is 35.9. The molecule has 1 amide bonds. The highest BCUT2D eigenvalue weighted by Gasteiger charge is 2.20. The van der Waals surface area contributed by atoms with Crippen LogP contribution >= 0.6 is 0 Å². The van der Waals surface area contributed by atoms with Crippen LogP contribution in [-0.2, 0) is 4.79 Å². The molecule has 0 aromatic heterocycles. The predicted octanol–water partition coefficient (Wildman–Crippen LogP) is 11.8. The average Bonchev–Trinajstić information content (AvgIpc) is 3.09. The summed E-state index contributed by atoms with van der Waals surface area (Å²) in [6.45, 7) is 4.17. The van der Waals surface area contributed by atoms with Gasteiger partial charge < -0.3 is 20.6 Å². The lowest BCUT2D eigenvalue weighted by Crippen LogP contribution is -2.45. The summed E-state index contributed by atoms with van der Waals surface area (Å²) < 4.78 is 0. The van der Waals surface area contributed by atoms with E-state index in [0.717, 1.165) is 51.4 Å². The van der Waals surface area contributed by atoms with E-state index in [1.807, 2.05) is 6.08 Å². The van der Waals surface area contributed by atoms with Crippen molar-refractivity contribution in [3.05, 3.63) is 48.6 Å². The third-order valence-corrected chi connectivity index (χ3v) is 9.32. The monoisotopic (exact) mass is 688 g/mol. The second-order valence-corrected chi connectivity index (χ2v) is 14.2. The number of rotatable bonds is 37. The van der Waals surface area contributed by atoms with Crippen molar-refractivity contribution in [3.63, 3.8) is 0 Å². The zero-order valence-electron chi connectivity index (χ0n) is 32.3. The molecule has 0 aliphatic rings. The average molecular weight is 688 g/mol. The second-order valence-electron chi connectivity index (χ2n) is 14.2.